The van der Waals surface area contributed by atoms with E-state index in [4.69, 9.17) is 0 Å². The highest BCUT2D eigenvalue weighted by Crippen LogP contribution is 2.29. The Balaban J connectivity index is 1.51. The maximum Gasteiger partial charge on any atom is 0.187 e. The van der Waals surface area contributed by atoms with Crippen LogP contribution in [0.4, 0.5) is 0 Å². The van der Waals surface area contributed by atoms with Crippen molar-refractivity contribution in [3.63, 3.8) is 0 Å². The number of nitrogens with zero attached hydrogens (tertiary/aromatic N) is 5. The fraction of sp³-hybridized carbons (Fsp3) is 0.579. The smallest absolute Gasteiger partial charge is 0.187 e. The van der Waals surface area contributed by atoms with Crippen molar-refractivity contribution in [2.45, 2.75) is 62.9 Å². The van der Waals surface area contributed by atoms with Gasteiger partial charge in [-0.15, -0.1) is 0 Å². The van der Waals surface area contributed by atoms with Crippen LogP contribution in [0, 0.1) is 6.92 Å². The minimum Gasteiger partial charge on any atom is -0.299 e. The van der Waals surface area contributed by atoms with Crippen LogP contribution in [0.2, 0.25) is 0 Å². The standard InChI is InChI=1S/C19H27N5S/c1-4-15(3)25-19-21-10-16(11-22-19)12-24-7-5-17(6-8-24)18-14(2)9-20-13-23-18/h9-11,13,15,17H,4-8,12H2,1-3H3. The van der Waals surface area contributed by atoms with Crippen LogP contribution < -0.4 is 0 Å². The molecule has 0 aromatic carbocycles. The molecule has 1 atom stereocenters. The van der Waals surface area contributed by atoms with Crippen LogP contribution >= 0.6 is 11.8 Å². The summed E-state index contributed by atoms with van der Waals surface area (Å²) < 4.78 is 0. The minimum atomic E-state index is 0.560. The average molecular weight is 358 g/mol. The number of aryl methyl sites for hydroxylation is 1. The third kappa shape index (κ3) is 4.98. The van der Waals surface area contributed by atoms with Gasteiger partial charge in [0.1, 0.15) is 6.33 Å². The molecule has 0 radical (unpaired) electrons. The van der Waals surface area contributed by atoms with Gasteiger partial charge in [0.15, 0.2) is 5.16 Å². The molecule has 0 saturated carbocycles. The molecule has 2 aromatic heterocycles. The second-order valence-electron chi connectivity index (χ2n) is 6.85. The Bertz CT molecular complexity index is 668. The number of rotatable bonds is 6. The monoisotopic (exact) mass is 357 g/mol. The van der Waals surface area contributed by atoms with E-state index >= 15 is 0 Å². The zero-order chi connectivity index (χ0) is 17.6. The van der Waals surface area contributed by atoms with E-state index in [1.807, 2.05) is 18.6 Å². The Morgan fingerprint density at radius 2 is 1.88 bits per heavy atom. The third-order valence-electron chi connectivity index (χ3n) is 4.88. The van der Waals surface area contributed by atoms with E-state index in [0.717, 1.165) is 44.1 Å². The number of thioether (sulfide) groups is 1. The Labute approximate surface area is 154 Å². The number of hydrogen-bond acceptors (Lipinski definition) is 6. The first-order valence-corrected chi connectivity index (χ1v) is 10.00. The predicted molar refractivity (Wildman–Crippen MR) is 102 cm³/mol. The predicted octanol–water partition coefficient (Wildman–Crippen LogP) is 3.85. The van der Waals surface area contributed by atoms with Gasteiger partial charge >= 0.3 is 0 Å². The summed E-state index contributed by atoms with van der Waals surface area (Å²) in [5.74, 6) is 0.560. The number of piperidine rings is 1. The molecular formula is C19H27N5S. The van der Waals surface area contributed by atoms with Gasteiger partial charge in [0.25, 0.3) is 0 Å². The lowest BCUT2D eigenvalue weighted by atomic mass is 9.91. The van der Waals surface area contributed by atoms with E-state index in [1.54, 1.807) is 18.1 Å². The summed E-state index contributed by atoms with van der Waals surface area (Å²) in [6, 6.07) is 0. The molecule has 0 aliphatic carbocycles. The van der Waals surface area contributed by atoms with Gasteiger partial charge in [-0.1, -0.05) is 25.6 Å². The topological polar surface area (TPSA) is 54.8 Å². The summed E-state index contributed by atoms with van der Waals surface area (Å²) in [5, 5.41) is 1.45. The Morgan fingerprint density at radius 1 is 1.16 bits per heavy atom. The molecule has 25 heavy (non-hydrogen) atoms. The van der Waals surface area contributed by atoms with E-state index in [0.29, 0.717) is 11.2 Å². The van der Waals surface area contributed by atoms with Crippen LogP contribution in [-0.4, -0.2) is 43.2 Å². The fourth-order valence-corrected chi connectivity index (χ4v) is 3.96. The first kappa shape index (κ1) is 18.3. The molecule has 1 fully saturated rings. The molecule has 3 rings (SSSR count). The SMILES string of the molecule is CCC(C)Sc1ncc(CN2CCC(c3ncncc3C)CC2)cn1. The molecule has 3 heterocycles. The van der Waals surface area contributed by atoms with E-state index in [2.05, 4.69) is 45.6 Å². The van der Waals surface area contributed by atoms with Crippen molar-refractivity contribution in [3.05, 3.63) is 41.7 Å². The lowest BCUT2D eigenvalue weighted by Crippen LogP contribution is -2.33. The van der Waals surface area contributed by atoms with Gasteiger partial charge in [0.2, 0.25) is 0 Å². The Morgan fingerprint density at radius 3 is 2.52 bits per heavy atom. The molecule has 0 N–H and O–H groups in total. The molecule has 2 aromatic rings. The van der Waals surface area contributed by atoms with Crippen molar-refractivity contribution in [2.24, 2.45) is 0 Å². The van der Waals surface area contributed by atoms with Gasteiger partial charge < -0.3 is 0 Å². The minimum absolute atomic E-state index is 0.560. The number of hydrogen-bond donors (Lipinski definition) is 0. The van der Waals surface area contributed by atoms with Crippen LogP contribution in [0.15, 0.2) is 30.1 Å². The molecule has 134 valence electrons. The van der Waals surface area contributed by atoms with Crippen LogP contribution in [0.5, 0.6) is 0 Å². The molecule has 0 amide bonds. The van der Waals surface area contributed by atoms with Crippen LogP contribution in [0.25, 0.3) is 0 Å². The molecule has 0 spiro atoms. The largest absolute Gasteiger partial charge is 0.299 e. The van der Waals surface area contributed by atoms with Gasteiger partial charge in [-0.05, 0) is 44.8 Å². The first-order valence-electron chi connectivity index (χ1n) is 9.12. The van der Waals surface area contributed by atoms with Crippen LogP contribution in [0.3, 0.4) is 0 Å². The van der Waals surface area contributed by atoms with Crippen molar-refractivity contribution in [1.82, 2.24) is 24.8 Å². The summed E-state index contributed by atoms with van der Waals surface area (Å²) >= 11 is 1.75. The molecule has 6 heteroatoms. The highest BCUT2D eigenvalue weighted by atomic mass is 32.2. The number of aromatic nitrogens is 4. The van der Waals surface area contributed by atoms with Gasteiger partial charge in [-0.25, -0.2) is 19.9 Å². The van der Waals surface area contributed by atoms with E-state index in [1.165, 1.54) is 16.8 Å². The van der Waals surface area contributed by atoms with E-state index < -0.39 is 0 Å². The fourth-order valence-electron chi connectivity index (χ4n) is 3.21. The lowest BCUT2D eigenvalue weighted by Gasteiger charge is -2.32. The molecule has 1 unspecified atom stereocenters. The summed E-state index contributed by atoms with van der Waals surface area (Å²) in [4.78, 5) is 20.1. The van der Waals surface area contributed by atoms with Gasteiger partial charge in [0.05, 0.1) is 0 Å². The average Bonchev–Trinajstić information content (AvgIpc) is 2.64. The molecule has 1 saturated heterocycles. The molecule has 1 aliphatic rings. The molecule has 0 bridgehead atoms. The second-order valence-corrected chi connectivity index (χ2v) is 8.26. The Kier molecular flexibility index (Phi) is 6.37. The van der Waals surface area contributed by atoms with Crippen molar-refractivity contribution >= 4 is 11.8 Å². The van der Waals surface area contributed by atoms with E-state index in [9.17, 15) is 0 Å². The maximum absolute atomic E-state index is 4.51. The summed E-state index contributed by atoms with van der Waals surface area (Å²) in [6.45, 7) is 9.64. The summed E-state index contributed by atoms with van der Waals surface area (Å²) in [6.07, 6.45) is 11.0. The van der Waals surface area contributed by atoms with Gasteiger partial charge in [-0.2, -0.15) is 0 Å². The quantitative estimate of drug-likeness (QED) is 0.578. The summed E-state index contributed by atoms with van der Waals surface area (Å²) in [5.41, 5.74) is 3.64. The molecule has 1 aliphatic heterocycles. The highest BCUT2D eigenvalue weighted by molar-refractivity contribution is 7.99. The first-order chi connectivity index (χ1) is 12.2. The highest BCUT2D eigenvalue weighted by Gasteiger charge is 2.23. The zero-order valence-electron chi connectivity index (χ0n) is 15.4. The second kappa shape index (κ2) is 8.72. The van der Waals surface area contributed by atoms with E-state index in [-0.39, 0.29) is 0 Å². The van der Waals surface area contributed by atoms with Crippen LogP contribution in [-0.2, 0) is 6.54 Å². The maximum atomic E-state index is 4.51. The Hall–Kier alpha value is -1.53. The van der Waals surface area contributed by atoms with Crippen LogP contribution in [0.1, 0.15) is 55.8 Å². The molecular weight excluding hydrogens is 330 g/mol. The van der Waals surface area contributed by atoms with Gasteiger partial charge in [0, 0.05) is 47.6 Å². The van der Waals surface area contributed by atoms with Crippen molar-refractivity contribution in [3.8, 4) is 0 Å². The summed E-state index contributed by atoms with van der Waals surface area (Å²) in [7, 11) is 0. The lowest BCUT2D eigenvalue weighted by molar-refractivity contribution is 0.202. The normalized spacial score (nSPS) is 17.6. The number of likely N-dealkylation sites (tertiary alicyclic amines) is 1. The van der Waals surface area contributed by atoms with Crippen molar-refractivity contribution in [2.75, 3.05) is 13.1 Å². The zero-order valence-corrected chi connectivity index (χ0v) is 16.2. The molecule has 5 nitrogen and oxygen atoms in total. The third-order valence-corrected chi connectivity index (χ3v) is 6.04. The van der Waals surface area contributed by atoms with Gasteiger partial charge in [-0.3, -0.25) is 4.90 Å². The van der Waals surface area contributed by atoms with Crippen molar-refractivity contribution in [1.29, 1.82) is 0 Å². The van der Waals surface area contributed by atoms with Crippen molar-refractivity contribution < 1.29 is 0 Å².